The van der Waals surface area contributed by atoms with Crippen LogP contribution in [0.15, 0.2) is 17.1 Å². The predicted molar refractivity (Wildman–Crippen MR) is 94.7 cm³/mol. The van der Waals surface area contributed by atoms with E-state index in [0.29, 0.717) is 50.7 Å². The van der Waals surface area contributed by atoms with Crippen molar-refractivity contribution < 1.29 is 9.53 Å². The number of rotatable bonds is 5. The maximum Gasteiger partial charge on any atom is 0.255 e. The van der Waals surface area contributed by atoms with Gasteiger partial charge in [0.05, 0.1) is 19.8 Å². The van der Waals surface area contributed by atoms with Crippen LogP contribution in [0.25, 0.3) is 0 Å². The van der Waals surface area contributed by atoms with E-state index < -0.39 is 0 Å². The van der Waals surface area contributed by atoms with Gasteiger partial charge in [-0.05, 0) is 19.8 Å². The fraction of sp³-hybridized carbons (Fsp3) is 0.588. The molecule has 2 aliphatic rings. The van der Waals surface area contributed by atoms with E-state index >= 15 is 0 Å². The zero-order valence-electron chi connectivity index (χ0n) is 14.6. The molecule has 0 aliphatic carbocycles. The lowest BCUT2D eigenvalue weighted by Gasteiger charge is -2.30. The van der Waals surface area contributed by atoms with Crippen LogP contribution >= 0.6 is 0 Å². The molecule has 2 aliphatic heterocycles. The van der Waals surface area contributed by atoms with Crippen LogP contribution in [0.4, 0.5) is 5.95 Å². The minimum absolute atomic E-state index is 0.0120. The number of amides is 1. The van der Waals surface area contributed by atoms with Crippen molar-refractivity contribution >= 4 is 11.9 Å². The lowest BCUT2D eigenvalue weighted by molar-refractivity contribution is -0.123. The third kappa shape index (κ3) is 4.19. The number of aromatic amines is 1. The van der Waals surface area contributed by atoms with Gasteiger partial charge in [0.25, 0.3) is 5.56 Å². The second-order valence-electron chi connectivity index (χ2n) is 6.39. The molecule has 8 nitrogen and oxygen atoms in total. The van der Waals surface area contributed by atoms with Crippen LogP contribution in [-0.2, 0) is 16.0 Å². The molecule has 0 spiro atoms. The number of carbonyl (C=O) groups excluding carboxylic acids is 1. The highest BCUT2D eigenvalue weighted by Gasteiger charge is 2.19. The van der Waals surface area contributed by atoms with Crippen LogP contribution in [-0.4, -0.2) is 66.7 Å². The summed E-state index contributed by atoms with van der Waals surface area (Å²) in [5.74, 6) is 0.624. The van der Waals surface area contributed by atoms with Crippen molar-refractivity contribution in [3.8, 4) is 0 Å². The second-order valence-corrected chi connectivity index (χ2v) is 6.39. The zero-order chi connectivity index (χ0) is 17.8. The monoisotopic (exact) mass is 347 g/mol. The van der Waals surface area contributed by atoms with Gasteiger partial charge in [-0.25, -0.2) is 4.98 Å². The lowest BCUT2D eigenvalue weighted by atomic mass is 10.1. The number of anilines is 1. The summed E-state index contributed by atoms with van der Waals surface area (Å²) in [7, 11) is 0. The van der Waals surface area contributed by atoms with Gasteiger partial charge in [-0.2, -0.15) is 0 Å². The molecule has 3 rings (SSSR count). The Kier molecular flexibility index (Phi) is 5.37. The minimum Gasteiger partial charge on any atom is -0.378 e. The molecule has 0 radical (unpaired) electrons. The quantitative estimate of drug-likeness (QED) is 0.766. The number of nitrogens with zero attached hydrogens (tertiary/aromatic N) is 3. The number of carbonyl (C=O) groups is 1. The van der Waals surface area contributed by atoms with Gasteiger partial charge in [0, 0.05) is 43.1 Å². The molecule has 1 amide bonds. The van der Waals surface area contributed by atoms with Crippen LogP contribution in [0, 0.1) is 6.92 Å². The Morgan fingerprint density at radius 2 is 2.04 bits per heavy atom. The van der Waals surface area contributed by atoms with E-state index in [4.69, 9.17) is 4.74 Å². The molecule has 1 aromatic rings. The van der Waals surface area contributed by atoms with Crippen LogP contribution in [0.1, 0.15) is 17.7 Å². The standard InChI is InChI=1S/C17H25N5O3/c1-12(22-6-5-18-15(23)11-22)3-4-14-13(2)19-17(20-16(14)24)21-7-9-25-10-8-21/h1,3-11H2,2H3,(H,18,23)(H,19,20,24). The summed E-state index contributed by atoms with van der Waals surface area (Å²) in [6.45, 7) is 10.4. The van der Waals surface area contributed by atoms with Crippen molar-refractivity contribution in [3.63, 3.8) is 0 Å². The molecule has 0 aromatic carbocycles. The molecular weight excluding hydrogens is 322 g/mol. The third-order valence-corrected chi connectivity index (χ3v) is 4.67. The fourth-order valence-corrected chi connectivity index (χ4v) is 3.15. The maximum atomic E-state index is 12.5. The largest absolute Gasteiger partial charge is 0.378 e. The first-order valence-electron chi connectivity index (χ1n) is 8.66. The molecule has 3 heterocycles. The summed E-state index contributed by atoms with van der Waals surface area (Å²) in [5.41, 5.74) is 2.21. The normalized spacial score (nSPS) is 18.2. The van der Waals surface area contributed by atoms with Gasteiger partial charge >= 0.3 is 0 Å². The summed E-state index contributed by atoms with van der Waals surface area (Å²) in [4.78, 5) is 35.4. The van der Waals surface area contributed by atoms with Crippen molar-refractivity contribution in [1.82, 2.24) is 20.2 Å². The van der Waals surface area contributed by atoms with Gasteiger partial charge in [0.2, 0.25) is 11.9 Å². The van der Waals surface area contributed by atoms with Gasteiger partial charge in [-0.1, -0.05) is 6.58 Å². The molecule has 1 aromatic heterocycles. The van der Waals surface area contributed by atoms with Crippen LogP contribution < -0.4 is 15.8 Å². The summed E-state index contributed by atoms with van der Waals surface area (Å²) < 4.78 is 5.33. The second kappa shape index (κ2) is 7.69. The molecule has 2 saturated heterocycles. The highest BCUT2D eigenvalue weighted by molar-refractivity contribution is 5.78. The molecule has 0 atom stereocenters. The van der Waals surface area contributed by atoms with Crippen molar-refractivity contribution in [1.29, 1.82) is 0 Å². The first-order chi connectivity index (χ1) is 12.0. The van der Waals surface area contributed by atoms with Gasteiger partial charge < -0.3 is 19.9 Å². The summed E-state index contributed by atoms with van der Waals surface area (Å²) >= 11 is 0. The summed E-state index contributed by atoms with van der Waals surface area (Å²) in [6.07, 6.45) is 1.20. The Balaban J connectivity index is 1.65. The third-order valence-electron chi connectivity index (χ3n) is 4.67. The zero-order valence-corrected chi connectivity index (χ0v) is 14.6. The van der Waals surface area contributed by atoms with Crippen molar-refractivity contribution in [2.24, 2.45) is 0 Å². The van der Waals surface area contributed by atoms with E-state index in [9.17, 15) is 9.59 Å². The summed E-state index contributed by atoms with van der Waals surface area (Å²) in [6, 6.07) is 0. The first kappa shape index (κ1) is 17.5. The number of ether oxygens (including phenoxy) is 1. The van der Waals surface area contributed by atoms with E-state index in [2.05, 4.69) is 21.9 Å². The van der Waals surface area contributed by atoms with Crippen molar-refractivity contribution in [2.45, 2.75) is 19.8 Å². The van der Waals surface area contributed by atoms with Crippen molar-refractivity contribution in [3.05, 3.63) is 33.9 Å². The predicted octanol–water partition coefficient (Wildman–Crippen LogP) is -0.207. The van der Waals surface area contributed by atoms with Gasteiger partial charge in [0.15, 0.2) is 0 Å². The molecule has 0 bridgehead atoms. The number of nitrogens with one attached hydrogen (secondary N) is 2. The van der Waals surface area contributed by atoms with Crippen LogP contribution in [0.2, 0.25) is 0 Å². The first-order valence-corrected chi connectivity index (χ1v) is 8.66. The Labute approximate surface area is 146 Å². The average Bonchev–Trinajstić information content (AvgIpc) is 2.61. The molecule has 2 N–H and O–H groups in total. The fourth-order valence-electron chi connectivity index (χ4n) is 3.15. The van der Waals surface area contributed by atoms with E-state index in [-0.39, 0.29) is 11.5 Å². The number of piperazine rings is 1. The van der Waals surface area contributed by atoms with E-state index in [1.54, 1.807) is 0 Å². The van der Waals surface area contributed by atoms with E-state index in [1.165, 1.54) is 0 Å². The molecule has 0 saturated carbocycles. The van der Waals surface area contributed by atoms with Gasteiger partial charge in [-0.3, -0.25) is 14.6 Å². The Hall–Kier alpha value is -2.35. The van der Waals surface area contributed by atoms with Gasteiger partial charge in [0.1, 0.15) is 0 Å². The molecule has 2 fully saturated rings. The number of allylic oxidation sites excluding steroid dienone is 1. The highest BCUT2D eigenvalue weighted by Crippen LogP contribution is 2.15. The maximum absolute atomic E-state index is 12.5. The smallest absolute Gasteiger partial charge is 0.255 e. The number of aryl methyl sites for hydroxylation is 1. The SMILES string of the molecule is C=C(CCc1c(C)nc(N2CCOCC2)[nH]c1=O)N1CCNC(=O)C1. The molecular formula is C17H25N5O3. The van der Waals surface area contributed by atoms with Gasteiger partial charge in [-0.15, -0.1) is 0 Å². The Morgan fingerprint density at radius 3 is 2.72 bits per heavy atom. The van der Waals surface area contributed by atoms with E-state index in [0.717, 1.165) is 31.0 Å². The highest BCUT2D eigenvalue weighted by atomic mass is 16.5. The Morgan fingerprint density at radius 1 is 1.28 bits per heavy atom. The van der Waals surface area contributed by atoms with Crippen LogP contribution in [0.5, 0.6) is 0 Å². The molecule has 25 heavy (non-hydrogen) atoms. The number of hydrogen-bond acceptors (Lipinski definition) is 6. The average molecular weight is 347 g/mol. The Bertz CT molecular complexity index is 709. The topological polar surface area (TPSA) is 90.6 Å². The van der Waals surface area contributed by atoms with Crippen LogP contribution in [0.3, 0.4) is 0 Å². The van der Waals surface area contributed by atoms with Crippen molar-refractivity contribution in [2.75, 3.05) is 50.8 Å². The minimum atomic E-state index is -0.0989. The summed E-state index contributed by atoms with van der Waals surface area (Å²) in [5, 5.41) is 2.80. The lowest BCUT2D eigenvalue weighted by Crippen LogP contribution is -2.46. The van der Waals surface area contributed by atoms with E-state index in [1.807, 2.05) is 16.7 Å². The molecule has 8 heteroatoms. The number of aromatic nitrogens is 2. The molecule has 136 valence electrons. The number of hydrogen-bond donors (Lipinski definition) is 2. The molecule has 0 unspecified atom stereocenters. The number of morpholine rings is 1. The number of H-pyrrole nitrogens is 1.